The van der Waals surface area contributed by atoms with Crippen LogP contribution in [-0.2, 0) is 6.54 Å². The van der Waals surface area contributed by atoms with Crippen LogP contribution in [0.3, 0.4) is 0 Å². The summed E-state index contributed by atoms with van der Waals surface area (Å²) in [7, 11) is 0. The number of rotatable bonds is 6. The van der Waals surface area contributed by atoms with Gasteiger partial charge in [0.1, 0.15) is 5.02 Å². The first-order valence-electron chi connectivity index (χ1n) is 5.84. The Morgan fingerprint density at radius 1 is 1.58 bits per heavy atom. The normalized spacial score (nSPS) is 11.9. The van der Waals surface area contributed by atoms with E-state index in [0.717, 1.165) is 0 Å². The molecule has 0 aliphatic carbocycles. The van der Waals surface area contributed by atoms with Crippen LogP contribution in [0.15, 0.2) is 11.0 Å². The molecule has 3 N–H and O–H groups in total. The zero-order valence-corrected chi connectivity index (χ0v) is 11.5. The predicted molar refractivity (Wildman–Crippen MR) is 70.8 cm³/mol. The van der Waals surface area contributed by atoms with Crippen LogP contribution in [-0.4, -0.2) is 28.8 Å². The number of hydrogen-bond acceptors (Lipinski definition) is 4. The summed E-state index contributed by atoms with van der Waals surface area (Å²) in [5.74, 6) is -2.84. The van der Waals surface area contributed by atoms with Gasteiger partial charge in [0.05, 0.1) is 25.0 Å². The van der Waals surface area contributed by atoms with Crippen LogP contribution in [0.4, 0.5) is 14.5 Å². The number of halogens is 3. The van der Waals surface area contributed by atoms with E-state index in [2.05, 4.69) is 10.4 Å². The summed E-state index contributed by atoms with van der Waals surface area (Å²) in [5.41, 5.74) is 4.49. The molecule has 0 aliphatic heterocycles. The lowest BCUT2D eigenvalue weighted by Gasteiger charge is -2.16. The average molecular weight is 295 g/mol. The summed E-state index contributed by atoms with van der Waals surface area (Å²) in [5, 5.41) is 6.12. The number of alkyl halides is 2. The largest absolute Gasteiger partial charge is 0.376 e. The highest BCUT2D eigenvalue weighted by molar-refractivity contribution is 6.32. The Bertz CT molecular complexity index is 490. The standard InChI is InChI=1S/C11H17ClF2N4O/c1-7(2)4-18-10(19)9(12)8(3-17-18)16-6-11(13,14)5-15/h3,7,16H,4-6,15H2,1-2H3. The fourth-order valence-corrected chi connectivity index (χ4v) is 1.57. The Morgan fingerprint density at radius 2 is 2.21 bits per heavy atom. The topological polar surface area (TPSA) is 72.9 Å². The zero-order chi connectivity index (χ0) is 14.6. The lowest BCUT2D eigenvalue weighted by Crippen LogP contribution is -2.36. The first kappa shape index (κ1) is 15.8. The molecule has 0 fully saturated rings. The molecule has 0 atom stereocenters. The molecule has 19 heavy (non-hydrogen) atoms. The molecule has 1 rings (SSSR count). The van der Waals surface area contributed by atoms with E-state index in [1.807, 2.05) is 13.8 Å². The molecular formula is C11H17ClF2N4O. The highest BCUT2D eigenvalue weighted by atomic mass is 35.5. The van der Waals surface area contributed by atoms with Gasteiger partial charge in [-0.25, -0.2) is 13.5 Å². The first-order valence-corrected chi connectivity index (χ1v) is 6.22. The number of aromatic nitrogens is 2. The number of anilines is 1. The first-order chi connectivity index (χ1) is 8.76. The predicted octanol–water partition coefficient (Wildman–Crippen LogP) is 1.56. The summed E-state index contributed by atoms with van der Waals surface area (Å²) in [6.07, 6.45) is 1.26. The van der Waals surface area contributed by atoms with Crippen LogP contribution in [0.2, 0.25) is 5.02 Å². The molecule has 0 aromatic carbocycles. The Morgan fingerprint density at radius 3 is 2.74 bits per heavy atom. The van der Waals surface area contributed by atoms with Crippen molar-refractivity contribution >= 4 is 17.3 Å². The van der Waals surface area contributed by atoms with Crippen molar-refractivity contribution in [2.24, 2.45) is 11.7 Å². The van der Waals surface area contributed by atoms with Gasteiger partial charge in [-0.2, -0.15) is 5.10 Å². The van der Waals surface area contributed by atoms with Crippen molar-refractivity contribution in [1.29, 1.82) is 0 Å². The van der Waals surface area contributed by atoms with Crippen LogP contribution in [0.5, 0.6) is 0 Å². The van der Waals surface area contributed by atoms with Crippen molar-refractivity contribution < 1.29 is 8.78 Å². The van der Waals surface area contributed by atoms with Crippen LogP contribution in [0.1, 0.15) is 13.8 Å². The quantitative estimate of drug-likeness (QED) is 0.835. The van der Waals surface area contributed by atoms with Gasteiger partial charge in [0.2, 0.25) is 0 Å². The summed E-state index contributed by atoms with van der Waals surface area (Å²) < 4.78 is 27.2. The van der Waals surface area contributed by atoms with Gasteiger partial charge >= 0.3 is 0 Å². The third-order valence-corrected chi connectivity index (χ3v) is 2.72. The molecule has 5 nitrogen and oxygen atoms in total. The molecule has 108 valence electrons. The minimum atomic E-state index is -3.06. The van der Waals surface area contributed by atoms with Crippen molar-refractivity contribution in [2.75, 3.05) is 18.4 Å². The molecule has 0 radical (unpaired) electrons. The fraction of sp³-hybridized carbons (Fsp3) is 0.636. The molecule has 8 heteroatoms. The monoisotopic (exact) mass is 294 g/mol. The van der Waals surface area contributed by atoms with E-state index in [1.54, 1.807) is 0 Å². The highest BCUT2D eigenvalue weighted by Crippen LogP contribution is 2.18. The Labute approximate surface area is 114 Å². The molecule has 0 unspecified atom stereocenters. The van der Waals surface area contributed by atoms with Gasteiger partial charge in [-0.15, -0.1) is 0 Å². The Kier molecular flexibility index (Phi) is 5.25. The second kappa shape index (κ2) is 6.29. The van der Waals surface area contributed by atoms with Crippen LogP contribution in [0, 0.1) is 5.92 Å². The maximum absolute atomic E-state index is 13.0. The van der Waals surface area contributed by atoms with E-state index in [0.29, 0.717) is 6.54 Å². The highest BCUT2D eigenvalue weighted by Gasteiger charge is 2.26. The van der Waals surface area contributed by atoms with Gasteiger partial charge in [0.15, 0.2) is 0 Å². The molecule has 0 amide bonds. The minimum absolute atomic E-state index is 0.0831. The van der Waals surface area contributed by atoms with E-state index < -0.39 is 24.6 Å². The second-order valence-corrected chi connectivity index (χ2v) is 5.04. The molecule has 0 saturated heterocycles. The van der Waals surface area contributed by atoms with E-state index in [1.165, 1.54) is 10.9 Å². The number of nitrogens with zero attached hydrogens (tertiary/aromatic N) is 2. The lowest BCUT2D eigenvalue weighted by molar-refractivity contribution is 0.0254. The van der Waals surface area contributed by atoms with Crippen LogP contribution < -0.4 is 16.6 Å². The van der Waals surface area contributed by atoms with Gasteiger partial charge in [0, 0.05) is 6.54 Å². The van der Waals surface area contributed by atoms with Crippen molar-refractivity contribution in [3.8, 4) is 0 Å². The molecule has 0 saturated carbocycles. The number of nitrogens with one attached hydrogen (secondary N) is 1. The third-order valence-electron chi connectivity index (χ3n) is 2.36. The SMILES string of the molecule is CC(C)Cn1ncc(NCC(F)(F)CN)c(Cl)c1=O. The Hall–Kier alpha value is -1.21. The molecule has 1 aromatic heterocycles. The summed E-state index contributed by atoms with van der Waals surface area (Å²) >= 11 is 5.84. The van der Waals surface area contributed by atoms with E-state index >= 15 is 0 Å². The second-order valence-electron chi connectivity index (χ2n) is 4.67. The smallest absolute Gasteiger partial charge is 0.287 e. The van der Waals surface area contributed by atoms with Gasteiger partial charge in [-0.1, -0.05) is 25.4 Å². The van der Waals surface area contributed by atoms with Gasteiger partial charge < -0.3 is 11.1 Å². The minimum Gasteiger partial charge on any atom is -0.376 e. The molecule has 1 heterocycles. The third kappa shape index (κ3) is 4.43. The fourth-order valence-electron chi connectivity index (χ4n) is 1.36. The summed E-state index contributed by atoms with van der Waals surface area (Å²) in [6, 6.07) is 0. The molecule has 0 aliphatic rings. The van der Waals surface area contributed by atoms with Gasteiger partial charge in [-0.3, -0.25) is 4.79 Å². The maximum Gasteiger partial charge on any atom is 0.287 e. The summed E-state index contributed by atoms with van der Waals surface area (Å²) in [6.45, 7) is 2.79. The van der Waals surface area contributed by atoms with Gasteiger partial charge in [-0.05, 0) is 5.92 Å². The van der Waals surface area contributed by atoms with Gasteiger partial charge in [0.25, 0.3) is 11.5 Å². The molecular weight excluding hydrogens is 278 g/mol. The molecule has 1 aromatic rings. The van der Waals surface area contributed by atoms with E-state index in [9.17, 15) is 13.6 Å². The maximum atomic E-state index is 13.0. The molecule has 0 spiro atoms. The van der Waals surface area contributed by atoms with E-state index in [4.69, 9.17) is 17.3 Å². The summed E-state index contributed by atoms with van der Waals surface area (Å²) in [4.78, 5) is 11.8. The lowest BCUT2D eigenvalue weighted by atomic mass is 10.2. The number of nitrogens with two attached hydrogens (primary N) is 1. The van der Waals surface area contributed by atoms with Crippen LogP contribution >= 0.6 is 11.6 Å². The van der Waals surface area contributed by atoms with Crippen molar-refractivity contribution in [3.05, 3.63) is 21.6 Å². The van der Waals surface area contributed by atoms with Crippen molar-refractivity contribution in [3.63, 3.8) is 0 Å². The van der Waals surface area contributed by atoms with E-state index in [-0.39, 0.29) is 16.6 Å². The average Bonchev–Trinajstić information content (AvgIpc) is 2.34. The Balaban J connectivity index is 2.88. The van der Waals surface area contributed by atoms with Crippen molar-refractivity contribution in [2.45, 2.75) is 26.3 Å². The van der Waals surface area contributed by atoms with Crippen LogP contribution in [0.25, 0.3) is 0 Å². The zero-order valence-electron chi connectivity index (χ0n) is 10.8. The number of hydrogen-bond donors (Lipinski definition) is 2. The van der Waals surface area contributed by atoms with Crippen molar-refractivity contribution in [1.82, 2.24) is 9.78 Å². The molecule has 0 bridgehead atoms.